The topological polar surface area (TPSA) is 66.8 Å². The van der Waals surface area contributed by atoms with Crippen LogP contribution in [0, 0.1) is 0 Å². The average Bonchev–Trinajstić information content (AvgIpc) is 2.53. The maximum absolute atomic E-state index is 12.4. The second-order valence-corrected chi connectivity index (χ2v) is 5.61. The van der Waals surface area contributed by atoms with E-state index in [9.17, 15) is 14.7 Å². The first-order valence-electron chi connectivity index (χ1n) is 7.86. The third kappa shape index (κ3) is 4.23. The molecule has 5 heteroatoms. The van der Waals surface area contributed by atoms with E-state index in [0.29, 0.717) is 19.6 Å². The molecule has 1 fully saturated rings. The lowest BCUT2D eigenvalue weighted by Gasteiger charge is -2.33. The molecule has 1 aliphatic rings. The lowest BCUT2D eigenvalue weighted by molar-refractivity contribution is -0.151. The number of carboxylic acids is 1. The Kier molecular flexibility index (Phi) is 5.81. The molecule has 0 radical (unpaired) electrons. The minimum atomic E-state index is -0.909. The lowest BCUT2D eigenvalue weighted by Crippen LogP contribution is -2.48. The molecule has 0 bridgehead atoms. The first-order valence-corrected chi connectivity index (χ1v) is 7.86. The largest absolute Gasteiger partial charge is 0.494 e. The van der Waals surface area contributed by atoms with Crippen molar-refractivity contribution < 1.29 is 19.4 Å². The zero-order chi connectivity index (χ0) is 15.9. The van der Waals surface area contributed by atoms with E-state index in [1.54, 1.807) is 0 Å². The zero-order valence-electron chi connectivity index (χ0n) is 13.0. The Labute approximate surface area is 130 Å². The second-order valence-electron chi connectivity index (χ2n) is 5.61. The molecule has 0 aliphatic carbocycles. The summed E-state index contributed by atoms with van der Waals surface area (Å²) in [7, 11) is 0. The van der Waals surface area contributed by atoms with E-state index in [1.165, 1.54) is 4.90 Å². The third-order valence-electron chi connectivity index (χ3n) is 3.83. The standard InChI is InChI=1S/C17H23NO4/c1-2-10-22-14-7-5-6-13(11-14)12-16(19)18-9-4-3-8-15(18)17(20)21/h5-7,11,15H,2-4,8-10,12H2,1H3,(H,20,21). The molecule has 0 saturated carbocycles. The molecule has 1 atom stereocenters. The normalized spacial score (nSPS) is 18.0. The summed E-state index contributed by atoms with van der Waals surface area (Å²) in [5.74, 6) is -0.284. The minimum Gasteiger partial charge on any atom is -0.494 e. The van der Waals surface area contributed by atoms with E-state index in [2.05, 4.69) is 0 Å². The molecule has 5 nitrogen and oxygen atoms in total. The summed E-state index contributed by atoms with van der Waals surface area (Å²) in [6, 6.07) is 6.77. The fourth-order valence-electron chi connectivity index (χ4n) is 2.73. The molecule has 1 N–H and O–H groups in total. The van der Waals surface area contributed by atoms with E-state index in [1.807, 2.05) is 31.2 Å². The van der Waals surface area contributed by atoms with E-state index in [4.69, 9.17) is 4.74 Å². The number of hydrogen-bond acceptors (Lipinski definition) is 3. The lowest BCUT2D eigenvalue weighted by atomic mass is 10.0. The highest BCUT2D eigenvalue weighted by Gasteiger charge is 2.31. The maximum atomic E-state index is 12.4. The molecule has 0 spiro atoms. The Morgan fingerprint density at radius 1 is 1.36 bits per heavy atom. The number of carbonyl (C=O) groups is 2. The number of carbonyl (C=O) groups excluding carboxylic acids is 1. The molecule has 1 heterocycles. The Balaban J connectivity index is 2.02. The van der Waals surface area contributed by atoms with Crippen LogP contribution in [-0.2, 0) is 16.0 Å². The van der Waals surface area contributed by atoms with Crippen LogP contribution >= 0.6 is 0 Å². The van der Waals surface area contributed by atoms with Gasteiger partial charge in [0, 0.05) is 6.54 Å². The van der Waals surface area contributed by atoms with Gasteiger partial charge in [-0.2, -0.15) is 0 Å². The van der Waals surface area contributed by atoms with Gasteiger partial charge in [-0.15, -0.1) is 0 Å². The first kappa shape index (κ1) is 16.3. The number of aliphatic carboxylic acids is 1. The van der Waals surface area contributed by atoms with Crippen LogP contribution in [0.1, 0.15) is 38.2 Å². The molecule has 1 aromatic carbocycles. The molecule has 1 amide bonds. The van der Waals surface area contributed by atoms with Crippen molar-refractivity contribution >= 4 is 11.9 Å². The first-order chi connectivity index (χ1) is 10.6. The van der Waals surface area contributed by atoms with Crippen molar-refractivity contribution in [2.75, 3.05) is 13.2 Å². The Morgan fingerprint density at radius 2 is 2.18 bits per heavy atom. The van der Waals surface area contributed by atoms with Gasteiger partial charge >= 0.3 is 5.97 Å². The number of nitrogens with zero attached hydrogens (tertiary/aromatic N) is 1. The van der Waals surface area contributed by atoms with Gasteiger partial charge in [-0.25, -0.2) is 4.79 Å². The van der Waals surface area contributed by atoms with E-state index in [-0.39, 0.29) is 12.3 Å². The number of rotatable bonds is 6. The van der Waals surface area contributed by atoms with Crippen molar-refractivity contribution in [1.82, 2.24) is 4.90 Å². The van der Waals surface area contributed by atoms with Crippen LogP contribution in [0.4, 0.5) is 0 Å². The summed E-state index contributed by atoms with van der Waals surface area (Å²) in [4.78, 5) is 25.2. The SMILES string of the molecule is CCCOc1cccc(CC(=O)N2CCCCC2C(=O)O)c1. The van der Waals surface area contributed by atoms with Crippen LogP contribution in [0.15, 0.2) is 24.3 Å². The van der Waals surface area contributed by atoms with Gasteiger partial charge in [0.05, 0.1) is 13.0 Å². The molecule has 2 rings (SSSR count). The fraction of sp³-hybridized carbons (Fsp3) is 0.529. The number of ether oxygens (including phenoxy) is 1. The smallest absolute Gasteiger partial charge is 0.326 e. The fourth-order valence-corrected chi connectivity index (χ4v) is 2.73. The van der Waals surface area contributed by atoms with Crippen molar-refractivity contribution in [2.45, 2.75) is 45.1 Å². The molecular formula is C17H23NO4. The summed E-state index contributed by atoms with van der Waals surface area (Å²) in [6.07, 6.45) is 3.42. The number of hydrogen-bond donors (Lipinski definition) is 1. The van der Waals surface area contributed by atoms with Gasteiger partial charge in [0.15, 0.2) is 0 Å². The molecular weight excluding hydrogens is 282 g/mol. The van der Waals surface area contributed by atoms with E-state index >= 15 is 0 Å². The molecule has 1 unspecified atom stereocenters. The van der Waals surface area contributed by atoms with Crippen LogP contribution in [0.2, 0.25) is 0 Å². The molecule has 120 valence electrons. The van der Waals surface area contributed by atoms with Crippen LogP contribution in [0.25, 0.3) is 0 Å². The maximum Gasteiger partial charge on any atom is 0.326 e. The summed E-state index contributed by atoms with van der Waals surface area (Å²) in [5, 5.41) is 9.25. The average molecular weight is 305 g/mol. The molecule has 22 heavy (non-hydrogen) atoms. The number of benzene rings is 1. The monoisotopic (exact) mass is 305 g/mol. The summed E-state index contributed by atoms with van der Waals surface area (Å²) < 4.78 is 5.56. The molecule has 1 aromatic rings. The summed E-state index contributed by atoms with van der Waals surface area (Å²) in [6.45, 7) is 3.21. The van der Waals surface area contributed by atoms with Gasteiger partial charge in [0.1, 0.15) is 11.8 Å². The highest BCUT2D eigenvalue weighted by molar-refractivity contribution is 5.85. The van der Waals surface area contributed by atoms with Crippen molar-refractivity contribution in [3.63, 3.8) is 0 Å². The summed E-state index contributed by atoms with van der Waals surface area (Å²) >= 11 is 0. The van der Waals surface area contributed by atoms with Crippen LogP contribution in [-0.4, -0.2) is 41.1 Å². The van der Waals surface area contributed by atoms with Gasteiger partial charge in [-0.05, 0) is 43.4 Å². The Bertz CT molecular complexity index is 529. The number of piperidine rings is 1. The van der Waals surface area contributed by atoms with Gasteiger partial charge < -0.3 is 14.7 Å². The number of amides is 1. The van der Waals surface area contributed by atoms with E-state index < -0.39 is 12.0 Å². The zero-order valence-corrected chi connectivity index (χ0v) is 13.0. The minimum absolute atomic E-state index is 0.125. The van der Waals surface area contributed by atoms with Crippen LogP contribution < -0.4 is 4.74 Å². The van der Waals surface area contributed by atoms with Crippen molar-refractivity contribution in [3.05, 3.63) is 29.8 Å². The molecule has 0 aromatic heterocycles. The third-order valence-corrected chi connectivity index (χ3v) is 3.83. The predicted octanol–water partition coefficient (Wildman–Crippen LogP) is 2.48. The van der Waals surface area contributed by atoms with E-state index in [0.717, 1.165) is 30.6 Å². The van der Waals surface area contributed by atoms with Crippen molar-refractivity contribution in [3.8, 4) is 5.75 Å². The second kappa shape index (κ2) is 7.82. The number of carboxylic acid groups (broad SMARTS) is 1. The highest BCUT2D eigenvalue weighted by Crippen LogP contribution is 2.20. The molecule has 1 saturated heterocycles. The quantitative estimate of drug-likeness (QED) is 0.877. The van der Waals surface area contributed by atoms with Gasteiger partial charge in [-0.1, -0.05) is 19.1 Å². The predicted molar refractivity (Wildman–Crippen MR) is 82.9 cm³/mol. The Hall–Kier alpha value is -2.04. The van der Waals surface area contributed by atoms with Gasteiger partial charge in [-0.3, -0.25) is 4.79 Å². The number of likely N-dealkylation sites (tertiary alicyclic amines) is 1. The van der Waals surface area contributed by atoms with Crippen molar-refractivity contribution in [1.29, 1.82) is 0 Å². The van der Waals surface area contributed by atoms with Crippen LogP contribution in [0.5, 0.6) is 5.75 Å². The summed E-state index contributed by atoms with van der Waals surface area (Å²) in [5.41, 5.74) is 0.855. The van der Waals surface area contributed by atoms with Gasteiger partial charge in [0.2, 0.25) is 5.91 Å². The highest BCUT2D eigenvalue weighted by atomic mass is 16.5. The van der Waals surface area contributed by atoms with Gasteiger partial charge in [0.25, 0.3) is 0 Å². The Morgan fingerprint density at radius 3 is 2.91 bits per heavy atom. The molecule has 1 aliphatic heterocycles. The van der Waals surface area contributed by atoms with Crippen molar-refractivity contribution in [2.24, 2.45) is 0 Å². The van der Waals surface area contributed by atoms with Crippen LogP contribution in [0.3, 0.4) is 0 Å².